The quantitative estimate of drug-likeness (QED) is 0.0391. The summed E-state index contributed by atoms with van der Waals surface area (Å²) >= 11 is 0. The molecule has 0 heterocycles. The number of rotatable bonds is 44. The number of nitrogens with one attached hydrogen (secondary N) is 1. The Morgan fingerprint density at radius 2 is 0.810 bits per heavy atom. The molecule has 0 unspecified atom stereocenters. The molecule has 1 aliphatic carbocycles. The number of aliphatic hydroxyl groups excluding tert-OH is 4. The largest absolute Gasteiger partial charge is 0.396 e. The lowest BCUT2D eigenvalue weighted by Gasteiger charge is -2.40. The van der Waals surface area contributed by atoms with Gasteiger partial charge in [0.25, 0.3) is 0 Å². The molecule has 58 heavy (non-hydrogen) atoms. The van der Waals surface area contributed by atoms with Crippen molar-refractivity contribution in [3.05, 3.63) is 0 Å². The minimum atomic E-state index is -1.35. The van der Waals surface area contributed by atoms with Crippen LogP contribution in [0.5, 0.6) is 0 Å². The number of amides is 1. The molecule has 0 aromatic rings. The molecule has 0 aromatic carbocycles. The summed E-state index contributed by atoms with van der Waals surface area (Å²) in [4.78, 5) is 13.0. The molecule has 1 amide bonds. The number of unbranched alkanes of at least 4 members (excludes halogenated alkanes) is 35. The molecule has 1 rings (SSSR count). The highest BCUT2D eigenvalue weighted by atomic mass is 16.5. The number of carbonyl (C=O) groups excluding carboxylic acids is 1. The second-order valence-corrected chi connectivity index (χ2v) is 18.7. The predicted octanol–water partition coefficient (Wildman–Crippen LogP) is 13.2. The van der Waals surface area contributed by atoms with Crippen molar-refractivity contribution in [3.8, 4) is 0 Å². The van der Waals surface area contributed by atoms with E-state index in [1.165, 1.54) is 212 Å². The maximum absolute atomic E-state index is 13.0. The van der Waals surface area contributed by atoms with Gasteiger partial charge in [-0.3, -0.25) is 4.79 Å². The van der Waals surface area contributed by atoms with Crippen LogP contribution >= 0.6 is 0 Å². The van der Waals surface area contributed by atoms with E-state index in [0.717, 1.165) is 32.1 Å². The SMILES string of the molecule is CCCCCCCCCCCCCCCCCCCCCCCCCC(=O)N[C@H](CCCCCCCCCCCCCCCC)CO[C@H]1C[C@H](CO)[C@H](O)[C@H](O)[C@H]1O. The third kappa shape index (κ3) is 32.0. The molecule has 0 spiro atoms. The van der Waals surface area contributed by atoms with Crippen LogP contribution in [-0.4, -0.2) is 70.0 Å². The lowest BCUT2D eigenvalue weighted by atomic mass is 9.81. The van der Waals surface area contributed by atoms with E-state index < -0.39 is 30.3 Å². The maximum atomic E-state index is 13.0. The summed E-state index contributed by atoms with van der Waals surface area (Å²) in [6.07, 6.45) is 46.7. The second-order valence-electron chi connectivity index (χ2n) is 18.7. The van der Waals surface area contributed by atoms with Gasteiger partial charge < -0.3 is 30.5 Å². The number of hydrogen-bond acceptors (Lipinski definition) is 6. The van der Waals surface area contributed by atoms with Gasteiger partial charge in [0, 0.05) is 18.9 Å². The molecule has 0 aliphatic heterocycles. The van der Waals surface area contributed by atoms with Crippen LogP contribution in [0.25, 0.3) is 0 Å². The molecular weight excluding hydrogens is 723 g/mol. The van der Waals surface area contributed by atoms with Crippen molar-refractivity contribution in [1.82, 2.24) is 5.32 Å². The van der Waals surface area contributed by atoms with Crippen molar-refractivity contribution >= 4 is 5.91 Å². The first-order valence-corrected chi connectivity index (χ1v) is 26.0. The first-order chi connectivity index (χ1) is 28.4. The van der Waals surface area contributed by atoms with Crippen LogP contribution < -0.4 is 5.32 Å². The van der Waals surface area contributed by atoms with Crippen LogP contribution in [0.15, 0.2) is 0 Å². The van der Waals surface area contributed by atoms with Gasteiger partial charge in [0.2, 0.25) is 5.91 Å². The fraction of sp³-hybridized carbons (Fsp3) is 0.980. The van der Waals surface area contributed by atoms with Crippen LogP contribution in [0.4, 0.5) is 0 Å². The van der Waals surface area contributed by atoms with Gasteiger partial charge in [-0.05, 0) is 19.3 Å². The van der Waals surface area contributed by atoms with Crippen molar-refractivity contribution in [1.29, 1.82) is 0 Å². The maximum Gasteiger partial charge on any atom is 0.220 e. The minimum absolute atomic E-state index is 0.0651. The predicted molar refractivity (Wildman–Crippen MR) is 246 cm³/mol. The fourth-order valence-electron chi connectivity index (χ4n) is 9.02. The highest BCUT2D eigenvalue weighted by Crippen LogP contribution is 2.28. The standard InChI is InChI=1S/C51H101NO6/c1-3-5-7-9-11-13-15-17-19-20-21-22-23-24-25-26-27-29-31-33-35-37-39-41-48(54)52-46(44-58-47-42-45(43-53)49(55)51(57)50(47)56)40-38-36-34-32-30-28-18-16-14-12-10-8-6-4-2/h45-47,49-51,53,55-57H,3-44H2,1-2H3,(H,52,54)/t45-,46-,47+,49+,50+,51+/m1/s1. The van der Waals surface area contributed by atoms with Crippen LogP contribution in [-0.2, 0) is 9.53 Å². The second kappa shape index (κ2) is 41.6. The Kier molecular flexibility index (Phi) is 39.7. The topological polar surface area (TPSA) is 119 Å². The molecule has 1 fully saturated rings. The summed E-state index contributed by atoms with van der Waals surface area (Å²) in [6.45, 7) is 4.55. The summed E-state index contributed by atoms with van der Waals surface area (Å²) in [6, 6.07) is -0.155. The zero-order valence-corrected chi connectivity index (χ0v) is 38.8. The average Bonchev–Trinajstić information content (AvgIpc) is 3.22. The van der Waals surface area contributed by atoms with Crippen LogP contribution in [0.3, 0.4) is 0 Å². The zero-order valence-electron chi connectivity index (χ0n) is 38.8. The number of aliphatic hydroxyl groups is 4. The van der Waals surface area contributed by atoms with E-state index >= 15 is 0 Å². The molecule has 0 saturated heterocycles. The fourth-order valence-corrected chi connectivity index (χ4v) is 9.02. The highest BCUT2D eigenvalue weighted by Gasteiger charge is 2.43. The summed E-state index contributed by atoms with van der Waals surface area (Å²) in [7, 11) is 0. The van der Waals surface area contributed by atoms with Crippen LogP contribution in [0, 0.1) is 5.92 Å². The molecule has 7 heteroatoms. The van der Waals surface area contributed by atoms with Crippen LogP contribution in [0.2, 0.25) is 0 Å². The van der Waals surface area contributed by atoms with Crippen LogP contribution in [0.1, 0.15) is 271 Å². The summed E-state index contributed by atoms with van der Waals surface area (Å²) in [5, 5.41) is 44.0. The van der Waals surface area contributed by atoms with Crippen molar-refractivity contribution in [3.63, 3.8) is 0 Å². The Morgan fingerprint density at radius 1 is 0.483 bits per heavy atom. The molecule has 0 bridgehead atoms. The first kappa shape index (κ1) is 55.3. The molecule has 0 aromatic heterocycles. The van der Waals surface area contributed by atoms with Gasteiger partial charge in [-0.25, -0.2) is 0 Å². The number of hydrogen-bond donors (Lipinski definition) is 5. The average molecular weight is 824 g/mol. The van der Waals surface area contributed by atoms with E-state index in [0.29, 0.717) is 6.42 Å². The Morgan fingerprint density at radius 3 is 1.16 bits per heavy atom. The number of ether oxygens (including phenoxy) is 1. The Hall–Kier alpha value is -0.730. The molecule has 1 saturated carbocycles. The Labute approximate surface area is 360 Å². The van der Waals surface area contributed by atoms with Crippen molar-refractivity contribution < 1.29 is 30.0 Å². The van der Waals surface area contributed by atoms with E-state index in [4.69, 9.17) is 4.74 Å². The lowest BCUT2D eigenvalue weighted by Crippen LogP contribution is -2.55. The molecule has 5 N–H and O–H groups in total. The lowest BCUT2D eigenvalue weighted by molar-refractivity contribution is -0.179. The van der Waals surface area contributed by atoms with E-state index in [2.05, 4.69) is 19.2 Å². The van der Waals surface area contributed by atoms with Gasteiger partial charge in [-0.2, -0.15) is 0 Å². The minimum Gasteiger partial charge on any atom is -0.396 e. The van der Waals surface area contributed by atoms with E-state index in [1.54, 1.807) is 0 Å². The van der Waals surface area contributed by atoms with Crippen molar-refractivity contribution in [2.45, 2.75) is 301 Å². The van der Waals surface area contributed by atoms with Gasteiger partial charge in [-0.15, -0.1) is 0 Å². The van der Waals surface area contributed by atoms with Gasteiger partial charge in [0.1, 0.15) is 12.2 Å². The summed E-state index contributed by atoms with van der Waals surface area (Å²) in [5.41, 5.74) is 0. The highest BCUT2D eigenvalue weighted by molar-refractivity contribution is 5.76. The number of carbonyl (C=O) groups is 1. The van der Waals surface area contributed by atoms with Gasteiger partial charge in [0.05, 0.1) is 24.9 Å². The zero-order chi connectivity index (χ0) is 42.2. The molecule has 7 nitrogen and oxygen atoms in total. The smallest absolute Gasteiger partial charge is 0.220 e. The first-order valence-electron chi connectivity index (χ1n) is 26.0. The van der Waals surface area contributed by atoms with Gasteiger partial charge in [-0.1, -0.05) is 245 Å². The summed E-state index contributed by atoms with van der Waals surface area (Å²) in [5.74, 6) is -0.476. The molecule has 346 valence electrons. The van der Waals surface area contributed by atoms with E-state index in [9.17, 15) is 25.2 Å². The van der Waals surface area contributed by atoms with Gasteiger partial charge in [0.15, 0.2) is 0 Å². The molecule has 6 atom stereocenters. The summed E-state index contributed by atoms with van der Waals surface area (Å²) < 4.78 is 6.09. The van der Waals surface area contributed by atoms with Crippen molar-refractivity contribution in [2.24, 2.45) is 5.92 Å². The Balaban J connectivity index is 2.15. The Bertz CT molecular complexity index is 857. The third-order valence-electron chi connectivity index (χ3n) is 13.1. The molecular formula is C51H101NO6. The van der Waals surface area contributed by atoms with Gasteiger partial charge >= 0.3 is 0 Å². The van der Waals surface area contributed by atoms with E-state index in [1.807, 2.05) is 0 Å². The third-order valence-corrected chi connectivity index (χ3v) is 13.1. The monoisotopic (exact) mass is 824 g/mol. The normalized spacial score (nSPS) is 20.1. The van der Waals surface area contributed by atoms with E-state index in [-0.39, 0.29) is 31.6 Å². The van der Waals surface area contributed by atoms with Crippen molar-refractivity contribution in [2.75, 3.05) is 13.2 Å². The molecule has 1 aliphatic rings. The molecule has 0 radical (unpaired) electrons.